The van der Waals surface area contributed by atoms with Crippen LogP contribution in [0.4, 0.5) is 5.69 Å². The predicted molar refractivity (Wildman–Crippen MR) is 89.3 cm³/mol. The summed E-state index contributed by atoms with van der Waals surface area (Å²) in [7, 11) is 0. The van der Waals surface area contributed by atoms with Crippen LogP contribution in [-0.4, -0.2) is 11.0 Å². The molecule has 0 bridgehead atoms. The number of benzene rings is 2. The maximum Gasteiger partial charge on any atom is 0.257 e. The third-order valence-corrected chi connectivity index (χ3v) is 3.42. The highest BCUT2D eigenvalue weighted by atomic mass is 79.9. The molecule has 0 heterocycles. The van der Waals surface area contributed by atoms with E-state index in [1.54, 1.807) is 24.3 Å². The Bertz CT molecular complexity index is 629. The maximum absolute atomic E-state index is 11.9. The zero-order valence-corrected chi connectivity index (χ0v) is 13.3. The number of carbonyl (C=O) groups excluding carboxylic acids is 1. The molecule has 102 valence electrons. The molecule has 3 nitrogen and oxygen atoms in total. The Morgan fingerprint density at radius 2 is 1.65 bits per heavy atom. The third-order valence-electron chi connectivity index (χ3n) is 2.44. The van der Waals surface area contributed by atoms with Crippen molar-refractivity contribution in [1.29, 1.82) is 0 Å². The first-order valence-corrected chi connectivity index (χ1v) is 7.26. The van der Waals surface area contributed by atoms with Gasteiger partial charge in [-0.1, -0.05) is 27.5 Å². The smallest absolute Gasteiger partial charge is 0.257 e. The fraction of sp³-hybridized carbons (Fsp3) is 0. The van der Waals surface area contributed by atoms with Gasteiger partial charge in [-0.3, -0.25) is 10.1 Å². The molecule has 0 fully saturated rings. The van der Waals surface area contributed by atoms with Crippen LogP contribution < -0.4 is 10.6 Å². The molecule has 2 aromatic carbocycles. The Labute approximate surface area is 135 Å². The van der Waals surface area contributed by atoms with E-state index < -0.39 is 0 Å². The van der Waals surface area contributed by atoms with Gasteiger partial charge in [-0.15, -0.1) is 0 Å². The summed E-state index contributed by atoms with van der Waals surface area (Å²) in [6, 6.07) is 14.1. The molecule has 0 unspecified atom stereocenters. The molecule has 1 amide bonds. The van der Waals surface area contributed by atoms with E-state index in [0.717, 1.165) is 10.2 Å². The van der Waals surface area contributed by atoms with Crippen molar-refractivity contribution < 1.29 is 4.79 Å². The lowest BCUT2D eigenvalue weighted by Crippen LogP contribution is -2.34. The van der Waals surface area contributed by atoms with Crippen molar-refractivity contribution in [1.82, 2.24) is 5.32 Å². The van der Waals surface area contributed by atoms with E-state index in [2.05, 4.69) is 26.6 Å². The normalized spacial score (nSPS) is 9.90. The molecule has 20 heavy (non-hydrogen) atoms. The first-order valence-electron chi connectivity index (χ1n) is 5.68. The molecule has 2 N–H and O–H groups in total. The molecule has 0 aliphatic heterocycles. The highest BCUT2D eigenvalue weighted by molar-refractivity contribution is 9.10. The lowest BCUT2D eigenvalue weighted by Gasteiger charge is -2.09. The van der Waals surface area contributed by atoms with Crippen molar-refractivity contribution in [3.63, 3.8) is 0 Å². The van der Waals surface area contributed by atoms with E-state index >= 15 is 0 Å². The van der Waals surface area contributed by atoms with E-state index in [0.29, 0.717) is 10.6 Å². The Balaban J connectivity index is 1.95. The van der Waals surface area contributed by atoms with Gasteiger partial charge < -0.3 is 5.32 Å². The van der Waals surface area contributed by atoms with E-state index in [9.17, 15) is 4.79 Å². The van der Waals surface area contributed by atoms with Crippen LogP contribution in [0.1, 0.15) is 10.4 Å². The molecule has 0 saturated carbocycles. The highest BCUT2D eigenvalue weighted by Gasteiger charge is 2.07. The number of anilines is 1. The summed E-state index contributed by atoms with van der Waals surface area (Å²) < 4.78 is 0.971. The van der Waals surface area contributed by atoms with Crippen molar-refractivity contribution in [2.24, 2.45) is 0 Å². The van der Waals surface area contributed by atoms with Gasteiger partial charge in [0.1, 0.15) is 0 Å². The summed E-state index contributed by atoms with van der Waals surface area (Å²) in [4.78, 5) is 11.9. The van der Waals surface area contributed by atoms with Crippen molar-refractivity contribution in [3.8, 4) is 0 Å². The quantitative estimate of drug-likeness (QED) is 0.778. The van der Waals surface area contributed by atoms with Crippen molar-refractivity contribution in [2.75, 3.05) is 5.32 Å². The van der Waals surface area contributed by atoms with Crippen molar-refractivity contribution >= 4 is 56.5 Å². The molecule has 0 saturated heterocycles. The van der Waals surface area contributed by atoms with Gasteiger partial charge in [-0.05, 0) is 60.7 Å². The van der Waals surface area contributed by atoms with Gasteiger partial charge in [0.2, 0.25) is 0 Å². The zero-order chi connectivity index (χ0) is 14.5. The summed E-state index contributed by atoms with van der Waals surface area (Å²) in [6.45, 7) is 0. The number of hydrogen-bond donors (Lipinski definition) is 2. The molecule has 0 atom stereocenters. The molecule has 0 spiro atoms. The summed E-state index contributed by atoms with van der Waals surface area (Å²) in [5.74, 6) is -0.281. The molecular formula is C14H10BrClN2OS. The number of thiocarbonyl (C=S) groups is 1. The van der Waals surface area contributed by atoms with Crippen LogP contribution in [0.2, 0.25) is 5.02 Å². The van der Waals surface area contributed by atoms with Gasteiger partial charge in [0.05, 0.1) is 0 Å². The Hall–Kier alpha value is -1.43. The monoisotopic (exact) mass is 368 g/mol. The van der Waals surface area contributed by atoms with Crippen LogP contribution in [0, 0.1) is 0 Å². The number of hydrogen-bond acceptors (Lipinski definition) is 2. The fourth-order valence-corrected chi connectivity index (χ4v) is 2.07. The van der Waals surface area contributed by atoms with Crippen molar-refractivity contribution in [2.45, 2.75) is 0 Å². The van der Waals surface area contributed by atoms with E-state index in [1.807, 2.05) is 24.3 Å². The van der Waals surface area contributed by atoms with Crippen molar-refractivity contribution in [3.05, 3.63) is 63.6 Å². The Morgan fingerprint density at radius 3 is 2.25 bits per heavy atom. The van der Waals surface area contributed by atoms with Gasteiger partial charge >= 0.3 is 0 Å². The van der Waals surface area contributed by atoms with Crippen LogP contribution in [0.5, 0.6) is 0 Å². The van der Waals surface area contributed by atoms with Crippen LogP contribution in [0.25, 0.3) is 0 Å². The van der Waals surface area contributed by atoms with Crippen LogP contribution >= 0.6 is 39.7 Å². The maximum atomic E-state index is 11.9. The molecule has 6 heteroatoms. The molecule has 2 aromatic rings. The van der Waals surface area contributed by atoms with E-state index in [1.165, 1.54) is 0 Å². The number of carbonyl (C=O) groups is 1. The molecule has 0 radical (unpaired) electrons. The second-order valence-electron chi connectivity index (χ2n) is 3.92. The SMILES string of the molecule is O=C(NC(=S)Nc1ccc(Br)cc1)c1ccc(Cl)cc1. The van der Waals surface area contributed by atoms with Crippen LogP contribution in [-0.2, 0) is 0 Å². The van der Waals surface area contributed by atoms with Crippen LogP contribution in [0.3, 0.4) is 0 Å². The average molecular weight is 370 g/mol. The second kappa shape index (κ2) is 6.83. The average Bonchev–Trinajstić information content (AvgIpc) is 2.42. The Morgan fingerprint density at radius 1 is 1.05 bits per heavy atom. The Kier molecular flexibility index (Phi) is 5.11. The third kappa shape index (κ3) is 4.30. The minimum Gasteiger partial charge on any atom is -0.332 e. The minimum absolute atomic E-state index is 0.243. The number of nitrogens with one attached hydrogen (secondary N) is 2. The standard InChI is InChI=1S/C14H10BrClN2OS/c15-10-3-7-12(8-4-10)17-14(20)18-13(19)9-1-5-11(16)6-2-9/h1-8H,(H2,17,18,19,20). The second-order valence-corrected chi connectivity index (χ2v) is 5.68. The largest absolute Gasteiger partial charge is 0.332 e. The first kappa shape index (κ1) is 15.0. The van der Waals surface area contributed by atoms with Gasteiger partial charge in [0.15, 0.2) is 5.11 Å². The zero-order valence-electron chi connectivity index (χ0n) is 10.2. The van der Waals surface area contributed by atoms with Crippen LogP contribution in [0.15, 0.2) is 53.0 Å². The molecule has 0 aliphatic carbocycles. The van der Waals surface area contributed by atoms with Gasteiger partial charge in [-0.2, -0.15) is 0 Å². The summed E-state index contributed by atoms with van der Waals surface area (Å²) in [5, 5.41) is 6.36. The van der Waals surface area contributed by atoms with Gasteiger partial charge in [0, 0.05) is 20.7 Å². The van der Waals surface area contributed by atoms with Gasteiger partial charge in [0.25, 0.3) is 5.91 Å². The summed E-state index contributed by atoms with van der Waals surface area (Å²) in [5.41, 5.74) is 1.30. The highest BCUT2D eigenvalue weighted by Crippen LogP contribution is 2.14. The predicted octanol–water partition coefficient (Wildman–Crippen LogP) is 4.23. The minimum atomic E-state index is -0.281. The molecular weight excluding hydrogens is 360 g/mol. The van der Waals surface area contributed by atoms with E-state index in [4.69, 9.17) is 23.8 Å². The number of halogens is 2. The molecule has 0 aliphatic rings. The van der Waals surface area contributed by atoms with Gasteiger partial charge in [-0.25, -0.2) is 0 Å². The number of amides is 1. The molecule has 2 rings (SSSR count). The fourth-order valence-electron chi connectivity index (χ4n) is 1.47. The molecule has 0 aromatic heterocycles. The first-order chi connectivity index (χ1) is 9.54. The lowest BCUT2D eigenvalue weighted by molar-refractivity contribution is 0.0978. The topological polar surface area (TPSA) is 41.1 Å². The van der Waals surface area contributed by atoms with E-state index in [-0.39, 0.29) is 11.0 Å². The summed E-state index contributed by atoms with van der Waals surface area (Å²) in [6.07, 6.45) is 0. The lowest BCUT2D eigenvalue weighted by atomic mass is 10.2. The number of rotatable bonds is 2. The summed E-state index contributed by atoms with van der Waals surface area (Å²) >= 11 is 14.2.